The van der Waals surface area contributed by atoms with Gasteiger partial charge in [-0.1, -0.05) is 24.0 Å². The van der Waals surface area contributed by atoms with Gasteiger partial charge in [-0.15, -0.1) is 0 Å². The molecule has 0 saturated carbocycles. The van der Waals surface area contributed by atoms with Gasteiger partial charge in [0.05, 0.1) is 18.2 Å². The van der Waals surface area contributed by atoms with Crippen molar-refractivity contribution in [2.75, 3.05) is 0 Å². The zero-order valence-electron chi connectivity index (χ0n) is 10.0. The summed E-state index contributed by atoms with van der Waals surface area (Å²) in [6, 6.07) is 13.0. The fraction of sp³-hybridized carbons (Fsp3) is 0.0625. The summed E-state index contributed by atoms with van der Waals surface area (Å²) in [6.07, 6.45) is 0. The van der Waals surface area contributed by atoms with E-state index in [1.165, 1.54) is 12.1 Å². The molecular weight excluding hydrogens is 241 g/mol. The minimum absolute atomic E-state index is 0.0476. The molecule has 0 fully saturated rings. The fourth-order valence-corrected chi connectivity index (χ4v) is 1.62. The van der Waals surface area contributed by atoms with Crippen molar-refractivity contribution in [2.45, 2.75) is 6.61 Å². The summed E-state index contributed by atoms with van der Waals surface area (Å²) < 4.78 is 13.2. The molecule has 19 heavy (non-hydrogen) atoms. The average molecular weight is 251 g/mol. The molecule has 0 aliphatic heterocycles. The lowest BCUT2D eigenvalue weighted by Gasteiger charge is -1.96. The van der Waals surface area contributed by atoms with Crippen LogP contribution in [0.2, 0.25) is 0 Å². The third-order valence-electron chi connectivity index (χ3n) is 2.49. The van der Waals surface area contributed by atoms with Crippen LogP contribution in [0, 0.1) is 29.0 Å². The average Bonchev–Trinajstić information content (AvgIpc) is 2.44. The van der Waals surface area contributed by atoms with Crippen molar-refractivity contribution in [3.8, 4) is 17.9 Å². The second-order valence-corrected chi connectivity index (χ2v) is 3.95. The van der Waals surface area contributed by atoms with Gasteiger partial charge in [0.15, 0.2) is 0 Å². The van der Waals surface area contributed by atoms with E-state index in [4.69, 9.17) is 10.4 Å². The van der Waals surface area contributed by atoms with Gasteiger partial charge in [-0.3, -0.25) is 0 Å². The molecule has 0 saturated heterocycles. The molecule has 0 aliphatic carbocycles. The number of nitriles is 1. The van der Waals surface area contributed by atoms with Crippen LogP contribution in [0.3, 0.4) is 0 Å². The summed E-state index contributed by atoms with van der Waals surface area (Å²) in [4.78, 5) is 0. The molecule has 3 heteroatoms. The number of benzene rings is 2. The first kappa shape index (κ1) is 12.8. The zero-order valence-corrected chi connectivity index (χ0v) is 10.0. The standard InChI is InChI=1S/C16H10FNO/c17-16-8-13(7-15(9-16)10-18)5-4-12-2-1-3-14(6-12)11-19/h1-3,6-9,19H,11H2. The molecule has 1 N–H and O–H groups in total. The van der Waals surface area contributed by atoms with Crippen LogP contribution in [0.1, 0.15) is 22.3 Å². The van der Waals surface area contributed by atoms with Crippen LogP contribution in [0.15, 0.2) is 42.5 Å². The molecule has 0 amide bonds. The van der Waals surface area contributed by atoms with E-state index in [0.717, 1.165) is 17.2 Å². The first-order valence-corrected chi connectivity index (χ1v) is 5.64. The number of aliphatic hydroxyl groups is 1. The van der Waals surface area contributed by atoms with Gasteiger partial charge in [0.1, 0.15) is 5.82 Å². The molecule has 0 unspecified atom stereocenters. The van der Waals surface area contributed by atoms with Gasteiger partial charge >= 0.3 is 0 Å². The van der Waals surface area contributed by atoms with Gasteiger partial charge < -0.3 is 5.11 Å². The molecule has 2 nitrogen and oxygen atoms in total. The second-order valence-electron chi connectivity index (χ2n) is 3.95. The molecule has 0 bridgehead atoms. The van der Waals surface area contributed by atoms with Crippen LogP contribution >= 0.6 is 0 Å². The zero-order chi connectivity index (χ0) is 13.7. The number of halogens is 1. The van der Waals surface area contributed by atoms with Crippen molar-refractivity contribution < 1.29 is 9.50 Å². The Kier molecular flexibility index (Phi) is 3.93. The van der Waals surface area contributed by atoms with E-state index < -0.39 is 5.82 Å². The predicted octanol–water partition coefficient (Wildman–Crippen LogP) is 2.59. The van der Waals surface area contributed by atoms with E-state index in [1.54, 1.807) is 24.3 Å². The summed E-state index contributed by atoms with van der Waals surface area (Å²) in [7, 11) is 0. The third kappa shape index (κ3) is 3.42. The minimum Gasteiger partial charge on any atom is -0.392 e. The highest BCUT2D eigenvalue weighted by Gasteiger charge is 1.98. The fourth-order valence-electron chi connectivity index (χ4n) is 1.62. The molecular formula is C16H10FNO. The molecule has 2 rings (SSSR count). The van der Waals surface area contributed by atoms with E-state index in [2.05, 4.69) is 11.8 Å². The first-order valence-electron chi connectivity index (χ1n) is 5.64. The molecule has 2 aromatic rings. The molecule has 2 aromatic carbocycles. The Morgan fingerprint density at radius 2 is 1.74 bits per heavy atom. The Bertz CT molecular complexity index is 705. The van der Waals surface area contributed by atoms with Gasteiger partial charge in [0.25, 0.3) is 0 Å². The number of hydrogen-bond acceptors (Lipinski definition) is 2. The van der Waals surface area contributed by atoms with Crippen LogP contribution < -0.4 is 0 Å². The number of aliphatic hydroxyl groups excluding tert-OH is 1. The molecule has 0 spiro atoms. The lowest BCUT2D eigenvalue weighted by Crippen LogP contribution is -1.85. The highest BCUT2D eigenvalue weighted by atomic mass is 19.1. The van der Waals surface area contributed by atoms with Crippen LogP contribution in [-0.2, 0) is 6.61 Å². The highest BCUT2D eigenvalue weighted by molar-refractivity contribution is 5.46. The lowest BCUT2D eigenvalue weighted by atomic mass is 10.1. The summed E-state index contributed by atoms with van der Waals surface area (Å²) in [5.41, 5.74) is 2.19. The quantitative estimate of drug-likeness (QED) is 0.792. The van der Waals surface area contributed by atoms with Crippen LogP contribution in [0.4, 0.5) is 4.39 Å². The second kappa shape index (κ2) is 5.82. The van der Waals surface area contributed by atoms with E-state index in [0.29, 0.717) is 5.56 Å². The number of rotatable bonds is 1. The number of nitrogens with zero attached hydrogens (tertiary/aromatic N) is 1. The minimum atomic E-state index is -0.479. The van der Waals surface area contributed by atoms with Crippen molar-refractivity contribution >= 4 is 0 Å². The van der Waals surface area contributed by atoms with Crippen molar-refractivity contribution in [1.82, 2.24) is 0 Å². The van der Waals surface area contributed by atoms with Crippen LogP contribution in [-0.4, -0.2) is 5.11 Å². The molecule has 0 atom stereocenters. The topological polar surface area (TPSA) is 44.0 Å². The Morgan fingerprint density at radius 3 is 2.47 bits per heavy atom. The highest BCUT2D eigenvalue weighted by Crippen LogP contribution is 2.08. The van der Waals surface area contributed by atoms with Crippen molar-refractivity contribution in [3.05, 3.63) is 70.5 Å². The Balaban J connectivity index is 2.33. The van der Waals surface area contributed by atoms with Gasteiger partial charge in [0.2, 0.25) is 0 Å². The molecule has 0 aliphatic rings. The normalized spacial score (nSPS) is 9.32. The van der Waals surface area contributed by atoms with Gasteiger partial charge in [-0.2, -0.15) is 5.26 Å². The molecule has 0 aromatic heterocycles. The Hall–Kier alpha value is -2.62. The Labute approximate surface area is 110 Å². The first-order chi connectivity index (χ1) is 9.21. The van der Waals surface area contributed by atoms with E-state index in [9.17, 15) is 4.39 Å². The summed E-state index contributed by atoms with van der Waals surface area (Å²) in [6.45, 7) is -0.0476. The van der Waals surface area contributed by atoms with Gasteiger partial charge in [0, 0.05) is 11.1 Å². The van der Waals surface area contributed by atoms with E-state index in [1.807, 2.05) is 6.07 Å². The lowest BCUT2D eigenvalue weighted by molar-refractivity contribution is 0.282. The van der Waals surface area contributed by atoms with Crippen LogP contribution in [0.25, 0.3) is 0 Å². The van der Waals surface area contributed by atoms with Gasteiger partial charge in [-0.25, -0.2) is 4.39 Å². The summed E-state index contributed by atoms with van der Waals surface area (Å²) in [5, 5.41) is 17.8. The monoisotopic (exact) mass is 251 g/mol. The largest absolute Gasteiger partial charge is 0.392 e. The van der Waals surface area contributed by atoms with Crippen molar-refractivity contribution in [1.29, 1.82) is 5.26 Å². The van der Waals surface area contributed by atoms with Crippen molar-refractivity contribution in [3.63, 3.8) is 0 Å². The Morgan fingerprint density at radius 1 is 1.00 bits per heavy atom. The third-order valence-corrected chi connectivity index (χ3v) is 2.49. The van der Waals surface area contributed by atoms with E-state index >= 15 is 0 Å². The SMILES string of the molecule is N#Cc1cc(F)cc(C#Cc2cccc(CO)c2)c1. The van der Waals surface area contributed by atoms with E-state index in [-0.39, 0.29) is 12.2 Å². The maximum atomic E-state index is 13.2. The van der Waals surface area contributed by atoms with Crippen molar-refractivity contribution in [2.24, 2.45) is 0 Å². The smallest absolute Gasteiger partial charge is 0.125 e. The molecule has 0 radical (unpaired) electrons. The maximum absolute atomic E-state index is 13.2. The molecule has 0 heterocycles. The van der Waals surface area contributed by atoms with Crippen LogP contribution in [0.5, 0.6) is 0 Å². The summed E-state index contributed by atoms with van der Waals surface area (Å²) >= 11 is 0. The van der Waals surface area contributed by atoms with Gasteiger partial charge in [-0.05, 0) is 35.9 Å². The molecule has 92 valence electrons. The maximum Gasteiger partial charge on any atom is 0.125 e. The summed E-state index contributed by atoms with van der Waals surface area (Å²) in [5.74, 6) is 5.20. The predicted molar refractivity (Wildman–Crippen MR) is 69.5 cm³/mol. The number of hydrogen-bond donors (Lipinski definition) is 1.